The standard InChI is InChI=1S/C16H27NSi/c1-5-7-8-12-15(11-6-2)18(3,4)16-13-9-10-14-17-16/h6,9-10,13-15H,2,5,7-8,11-12H2,1,3-4H3/t15-/m1/s1. The van der Waals surface area contributed by atoms with Crippen LogP contribution in [0.25, 0.3) is 0 Å². The molecule has 0 aliphatic heterocycles. The molecule has 0 unspecified atom stereocenters. The van der Waals surface area contributed by atoms with Crippen LogP contribution >= 0.6 is 0 Å². The third-order valence-electron chi connectivity index (χ3n) is 3.95. The highest BCUT2D eigenvalue weighted by Gasteiger charge is 2.33. The van der Waals surface area contributed by atoms with Gasteiger partial charge in [-0.05, 0) is 24.1 Å². The molecule has 0 aromatic carbocycles. The lowest BCUT2D eigenvalue weighted by Gasteiger charge is -2.31. The maximum absolute atomic E-state index is 4.61. The van der Waals surface area contributed by atoms with Crippen LogP contribution in [0.3, 0.4) is 0 Å². The van der Waals surface area contributed by atoms with Gasteiger partial charge in [0.25, 0.3) is 0 Å². The molecule has 2 heteroatoms. The Morgan fingerprint density at radius 2 is 2.11 bits per heavy atom. The van der Waals surface area contributed by atoms with Crippen LogP contribution in [0.5, 0.6) is 0 Å². The predicted octanol–water partition coefficient (Wildman–Crippen LogP) is 4.52. The Balaban J connectivity index is 2.79. The minimum absolute atomic E-state index is 0.774. The quantitative estimate of drug-likeness (QED) is 0.381. The van der Waals surface area contributed by atoms with E-state index in [2.05, 4.69) is 49.8 Å². The number of rotatable bonds is 8. The summed E-state index contributed by atoms with van der Waals surface area (Å²) in [7, 11) is -1.46. The molecule has 1 atom stereocenters. The largest absolute Gasteiger partial charge is 0.266 e. The lowest BCUT2D eigenvalue weighted by atomic mass is 10.1. The summed E-state index contributed by atoms with van der Waals surface area (Å²) in [6, 6.07) is 6.34. The molecule has 0 saturated heterocycles. The topological polar surface area (TPSA) is 12.9 Å². The summed E-state index contributed by atoms with van der Waals surface area (Å²) in [6.45, 7) is 11.1. The number of nitrogens with zero attached hydrogens (tertiary/aromatic N) is 1. The molecule has 100 valence electrons. The number of pyridine rings is 1. The molecule has 18 heavy (non-hydrogen) atoms. The van der Waals surface area contributed by atoms with E-state index in [0.717, 1.165) is 12.0 Å². The zero-order valence-electron chi connectivity index (χ0n) is 12.2. The molecule has 0 fully saturated rings. The first-order valence-corrected chi connectivity index (χ1v) is 10.2. The monoisotopic (exact) mass is 261 g/mol. The van der Waals surface area contributed by atoms with Gasteiger partial charge in [-0.15, -0.1) is 6.58 Å². The average molecular weight is 261 g/mol. The second-order valence-corrected chi connectivity index (χ2v) is 10.4. The Morgan fingerprint density at radius 1 is 1.33 bits per heavy atom. The molecular formula is C16H27NSi. The van der Waals surface area contributed by atoms with Crippen molar-refractivity contribution in [2.75, 3.05) is 0 Å². The van der Waals surface area contributed by atoms with Crippen LogP contribution in [-0.2, 0) is 0 Å². The van der Waals surface area contributed by atoms with Crippen molar-refractivity contribution in [1.29, 1.82) is 0 Å². The Kier molecular flexibility index (Phi) is 6.34. The van der Waals surface area contributed by atoms with Gasteiger partial charge in [0.15, 0.2) is 0 Å². The molecule has 0 spiro atoms. The van der Waals surface area contributed by atoms with Gasteiger partial charge in [-0.3, -0.25) is 4.98 Å². The van der Waals surface area contributed by atoms with Crippen LogP contribution < -0.4 is 5.32 Å². The van der Waals surface area contributed by atoms with Crippen LogP contribution in [0.1, 0.15) is 39.0 Å². The van der Waals surface area contributed by atoms with Gasteiger partial charge in [0.05, 0.1) is 0 Å². The molecule has 1 aromatic rings. The highest BCUT2D eigenvalue weighted by atomic mass is 28.3. The summed E-state index contributed by atoms with van der Waals surface area (Å²) >= 11 is 0. The van der Waals surface area contributed by atoms with Crippen LogP contribution in [0.4, 0.5) is 0 Å². The predicted molar refractivity (Wildman–Crippen MR) is 84.1 cm³/mol. The molecule has 0 bridgehead atoms. The van der Waals surface area contributed by atoms with Crippen LogP contribution in [0.15, 0.2) is 37.1 Å². The Hall–Kier alpha value is -0.893. The summed E-state index contributed by atoms with van der Waals surface area (Å²) in [5.41, 5.74) is 0.774. The normalized spacial score (nSPS) is 13.3. The third kappa shape index (κ3) is 4.09. The summed E-state index contributed by atoms with van der Waals surface area (Å²) in [5.74, 6) is 0. The SMILES string of the molecule is C=CC[C@H](CCCCC)[Si](C)(C)c1ccccn1. The van der Waals surface area contributed by atoms with Gasteiger partial charge in [-0.25, -0.2) is 0 Å². The molecule has 1 nitrogen and oxygen atoms in total. The Labute approximate surface area is 113 Å². The van der Waals surface area contributed by atoms with Gasteiger partial charge in [0.2, 0.25) is 0 Å². The van der Waals surface area contributed by atoms with Crippen molar-refractivity contribution in [2.24, 2.45) is 0 Å². The summed E-state index contributed by atoms with van der Waals surface area (Å²) in [4.78, 5) is 4.61. The molecule has 0 saturated carbocycles. The number of hydrogen-bond acceptors (Lipinski definition) is 1. The van der Waals surface area contributed by atoms with Crippen molar-refractivity contribution in [2.45, 2.75) is 57.7 Å². The van der Waals surface area contributed by atoms with Crippen molar-refractivity contribution >= 4 is 13.4 Å². The van der Waals surface area contributed by atoms with Gasteiger partial charge >= 0.3 is 0 Å². The fourth-order valence-corrected chi connectivity index (χ4v) is 5.60. The van der Waals surface area contributed by atoms with Gasteiger partial charge < -0.3 is 0 Å². The summed E-state index contributed by atoms with van der Waals surface area (Å²) in [6.07, 6.45) is 10.5. The lowest BCUT2D eigenvalue weighted by molar-refractivity contribution is 0.626. The molecule has 0 aliphatic rings. The maximum Gasteiger partial charge on any atom is 0.108 e. The smallest absolute Gasteiger partial charge is 0.108 e. The molecule has 0 N–H and O–H groups in total. The van der Waals surface area contributed by atoms with E-state index in [4.69, 9.17) is 0 Å². The van der Waals surface area contributed by atoms with Crippen molar-refractivity contribution < 1.29 is 0 Å². The third-order valence-corrected chi connectivity index (χ3v) is 8.13. The average Bonchev–Trinajstić information content (AvgIpc) is 2.39. The van der Waals surface area contributed by atoms with Crippen LogP contribution in [0.2, 0.25) is 18.6 Å². The maximum atomic E-state index is 4.61. The summed E-state index contributed by atoms with van der Waals surface area (Å²) in [5, 5.41) is 1.34. The van der Waals surface area contributed by atoms with Gasteiger partial charge in [0.1, 0.15) is 8.07 Å². The molecule has 0 radical (unpaired) electrons. The lowest BCUT2D eigenvalue weighted by Crippen LogP contribution is -2.47. The fourth-order valence-electron chi connectivity index (χ4n) is 2.57. The van der Waals surface area contributed by atoms with Gasteiger partial charge in [-0.2, -0.15) is 0 Å². The molecule has 1 rings (SSSR count). The fraction of sp³-hybridized carbons (Fsp3) is 0.562. The molecule has 1 aromatic heterocycles. The Bertz CT molecular complexity index is 345. The van der Waals surface area contributed by atoms with E-state index in [1.807, 2.05) is 12.3 Å². The van der Waals surface area contributed by atoms with Crippen LogP contribution in [-0.4, -0.2) is 13.1 Å². The molecular weight excluding hydrogens is 234 g/mol. The van der Waals surface area contributed by atoms with Crippen molar-refractivity contribution in [3.8, 4) is 0 Å². The van der Waals surface area contributed by atoms with Gasteiger partial charge in [-0.1, -0.05) is 57.8 Å². The van der Waals surface area contributed by atoms with Crippen molar-refractivity contribution in [1.82, 2.24) is 4.98 Å². The summed E-state index contributed by atoms with van der Waals surface area (Å²) < 4.78 is 0. The Morgan fingerprint density at radius 3 is 2.67 bits per heavy atom. The number of hydrogen-bond donors (Lipinski definition) is 0. The minimum Gasteiger partial charge on any atom is -0.266 e. The molecule has 1 heterocycles. The van der Waals surface area contributed by atoms with E-state index in [1.165, 1.54) is 31.0 Å². The number of unbranched alkanes of at least 4 members (excludes halogenated alkanes) is 2. The van der Waals surface area contributed by atoms with Crippen LogP contribution in [0, 0.1) is 0 Å². The molecule has 0 aliphatic carbocycles. The highest BCUT2D eigenvalue weighted by Crippen LogP contribution is 2.31. The van der Waals surface area contributed by atoms with Crippen molar-refractivity contribution in [3.63, 3.8) is 0 Å². The first kappa shape index (κ1) is 15.2. The van der Waals surface area contributed by atoms with Gasteiger partial charge in [0, 0.05) is 11.5 Å². The zero-order valence-corrected chi connectivity index (χ0v) is 13.2. The van der Waals surface area contributed by atoms with E-state index in [9.17, 15) is 0 Å². The minimum atomic E-state index is -1.46. The number of aromatic nitrogens is 1. The second kappa shape index (κ2) is 7.52. The van der Waals surface area contributed by atoms with E-state index >= 15 is 0 Å². The van der Waals surface area contributed by atoms with E-state index in [-0.39, 0.29) is 0 Å². The van der Waals surface area contributed by atoms with Crippen molar-refractivity contribution in [3.05, 3.63) is 37.1 Å². The number of allylic oxidation sites excluding steroid dienone is 1. The highest BCUT2D eigenvalue weighted by molar-refractivity contribution is 6.90. The second-order valence-electron chi connectivity index (χ2n) is 5.65. The first-order chi connectivity index (χ1) is 8.62. The van der Waals surface area contributed by atoms with E-state index in [1.54, 1.807) is 0 Å². The van der Waals surface area contributed by atoms with E-state index in [0.29, 0.717) is 0 Å². The first-order valence-electron chi connectivity index (χ1n) is 7.15. The van der Waals surface area contributed by atoms with E-state index < -0.39 is 8.07 Å². The zero-order chi connectivity index (χ0) is 13.4. The molecule has 0 amide bonds.